The van der Waals surface area contributed by atoms with E-state index < -0.39 is 10.0 Å². The Morgan fingerprint density at radius 2 is 1.85 bits per heavy atom. The predicted molar refractivity (Wildman–Crippen MR) is 102 cm³/mol. The molecule has 0 spiro atoms. The van der Waals surface area contributed by atoms with Crippen molar-refractivity contribution in [2.24, 2.45) is 5.92 Å². The van der Waals surface area contributed by atoms with Gasteiger partial charge in [-0.25, -0.2) is 8.42 Å². The van der Waals surface area contributed by atoms with Crippen LogP contribution in [0.15, 0.2) is 53.4 Å². The Morgan fingerprint density at radius 3 is 2.58 bits per heavy atom. The molecule has 1 atom stereocenters. The molecule has 3 rings (SSSR count). The number of rotatable bonds is 4. The minimum Gasteiger partial charge on any atom is -0.326 e. The van der Waals surface area contributed by atoms with E-state index in [1.54, 1.807) is 30.3 Å². The Kier molecular flexibility index (Phi) is 5.44. The molecule has 1 aliphatic rings. The van der Waals surface area contributed by atoms with Crippen LogP contribution in [-0.4, -0.2) is 31.7 Å². The van der Waals surface area contributed by atoms with E-state index in [1.807, 2.05) is 32.0 Å². The molecule has 1 amide bonds. The van der Waals surface area contributed by atoms with Crippen molar-refractivity contribution in [2.75, 3.05) is 18.4 Å². The molecule has 1 saturated heterocycles. The molecule has 0 saturated carbocycles. The van der Waals surface area contributed by atoms with Crippen LogP contribution in [0.2, 0.25) is 0 Å². The lowest BCUT2D eigenvalue weighted by Crippen LogP contribution is -2.43. The fourth-order valence-corrected chi connectivity index (χ4v) is 4.77. The summed E-state index contributed by atoms with van der Waals surface area (Å²) in [7, 11) is -3.56. The minimum atomic E-state index is -3.56. The number of anilines is 1. The number of hydrogen-bond acceptors (Lipinski definition) is 3. The minimum absolute atomic E-state index is 0.119. The number of hydrogen-bond donors (Lipinski definition) is 1. The molecule has 0 unspecified atom stereocenters. The van der Waals surface area contributed by atoms with Gasteiger partial charge in [0.25, 0.3) is 0 Å². The first kappa shape index (κ1) is 18.6. The molecule has 1 aliphatic heterocycles. The molecular formula is C20H24N2O3S. The molecule has 1 heterocycles. The molecule has 2 aromatic rings. The summed E-state index contributed by atoms with van der Waals surface area (Å²) in [6.45, 7) is 4.59. The van der Waals surface area contributed by atoms with Crippen LogP contribution < -0.4 is 5.32 Å². The van der Waals surface area contributed by atoms with E-state index in [0.29, 0.717) is 19.4 Å². The van der Waals surface area contributed by atoms with E-state index in [9.17, 15) is 13.2 Å². The van der Waals surface area contributed by atoms with Gasteiger partial charge in [0, 0.05) is 18.8 Å². The average Bonchev–Trinajstić information content (AvgIpc) is 2.65. The fraction of sp³-hybridized carbons (Fsp3) is 0.350. The second-order valence-electron chi connectivity index (χ2n) is 6.82. The fourth-order valence-electron chi connectivity index (χ4n) is 3.22. The van der Waals surface area contributed by atoms with E-state index in [1.165, 1.54) is 4.31 Å². The van der Waals surface area contributed by atoms with Crippen LogP contribution in [-0.2, 0) is 14.8 Å². The molecule has 0 radical (unpaired) electrons. The third-order valence-electron chi connectivity index (χ3n) is 4.79. The summed E-state index contributed by atoms with van der Waals surface area (Å²) in [5, 5.41) is 2.97. The van der Waals surface area contributed by atoms with Crippen LogP contribution in [0.5, 0.6) is 0 Å². The summed E-state index contributed by atoms with van der Waals surface area (Å²) in [6, 6.07) is 14.3. The van der Waals surface area contributed by atoms with Crippen molar-refractivity contribution >= 4 is 21.6 Å². The number of carbonyl (C=O) groups excluding carboxylic acids is 1. The maximum Gasteiger partial charge on any atom is 0.243 e. The molecule has 138 valence electrons. The summed E-state index contributed by atoms with van der Waals surface area (Å²) in [4.78, 5) is 13.0. The number of aryl methyl sites for hydroxylation is 2. The van der Waals surface area contributed by atoms with E-state index in [0.717, 1.165) is 16.8 Å². The van der Waals surface area contributed by atoms with Gasteiger partial charge >= 0.3 is 0 Å². The van der Waals surface area contributed by atoms with Gasteiger partial charge in [0.2, 0.25) is 15.9 Å². The number of amides is 1. The molecule has 1 fully saturated rings. The smallest absolute Gasteiger partial charge is 0.243 e. The predicted octanol–water partition coefficient (Wildman–Crippen LogP) is 3.34. The van der Waals surface area contributed by atoms with Gasteiger partial charge in [0.1, 0.15) is 0 Å². The number of sulfonamides is 1. The van der Waals surface area contributed by atoms with Crippen LogP contribution in [0.3, 0.4) is 0 Å². The topological polar surface area (TPSA) is 66.5 Å². The van der Waals surface area contributed by atoms with Gasteiger partial charge in [0.15, 0.2) is 0 Å². The lowest BCUT2D eigenvalue weighted by Gasteiger charge is -2.31. The summed E-state index contributed by atoms with van der Waals surface area (Å²) >= 11 is 0. The van der Waals surface area contributed by atoms with Crippen molar-refractivity contribution in [1.29, 1.82) is 0 Å². The monoisotopic (exact) mass is 372 g/mol. The van der Waals surface area contributed by atoms with Gasteiger partial charge in [-0.05, 0) is 56.0 Å². The van der Waals surface area contributed by atoms with Crippen molar-refractivity contribution in [3.63, 3.8) is 0 Å². The molecule has 0 bridgehead atoms. The van der Waals surface area contributed by atoms with Gasteiger partial charge in [-0.3, -0.25) is 4.79 Å². The van der Waals surface area contributed by atoms with Gasteiger partial charge < -0.3 is 5.32 Å². The second kappa shape index (κ2) is 7.60. The van der Waals surface area contributed by atoms with Crippen molar-refractivity contribution in [3.05, 3.63) is 59.7 Å². The summed E-state index contributed by atoms with van der Waals surface area (Å²) in [5.74, 6) is -0.464. The lowest BCUT2D eigenvalue weighted by atomic mass is 9.98. The van der Waals surface area contributed by atoms with Crippen LogP contribution in [0.4, 0.5) is 5.69 Å². The van der Waals surface area contributed by atoms with Gasteiger partial charge in [-0.1, -0.05) is 30.3 Å². The lowest BCUT2D eigenvalue weighted by molar-refractivity contribution is -0.120. The zero-order valence-electron chi connectivity index (χ0n) is 15.1. The standard InChI is InChI=1S/C20H24N2O3S/c1-15-10-11-16(2)19(13-15)21-20(23)17-7-6-12-22(14-17)26(24,25)18-8-4-3-5-9-18/h3-5,8-11,13,17H,6-7,12,14H2,1-2H3,(H,21,23)/t17-/m0/s1. The molecule has 1 N–H and O–H groups in total. The molecule has 5 nitrogen and oxygen atoms in total. The maximum atomic E-state index is 12.8. The van der Waals surface area contributed by atoms with Crippen molar-refractivity contribution in [1.82, 2.24) is 4.31 Å². The molecule has 26 heavy (non-hydrogen) atoms. The highest BCUT2D eigenvalue weighted by Gasteiger charge is 2.33. The Bertz CT molecular complexity index is 895. The number of nitrogens with zero attached hydrogens (tertiary/aromatic N) is 1. The SMILES string of the molecule is Cc1ccc(C)c(NC(=O)[C@H]2CCCN(S(=O)(=O)c3ccccc3)C2)c1. The van der Waals surface area contributed by atoms with Crippen molar-refractivity contribution in [3.8, 4) is 0 Å². The van der Waals surface area contributed by atoms with E-state index in [4.69, 9.17) is 0 Å². The Hall–Kier alpha value is -2.18. The third-order valence-corrected chi connectivity index (χ3v) is 6.67. The number of benzene rings is 2. The van der Waals surface area contributed by atoms with Crippen LogP contribution in [0, 0.1) is 19.8 Å². The first-order chi connectivity index (χ1) is 12.4. The Morgan fingerprint density at radius 1 is 1.12 bits per heavy atom. The van der Waals surface area contributed by atoms with Gasteiger partial charge in [-0.2, -0.15) is 4.31 Å². The number of nitrogens with one attached hydrogen (secondary N) is 1. The summed E-state index contributed by atoms with van der Waals surface area (Å²) < 4.78 is 27.0. The van der Waals surface area contributed by atoms with E-state index >= 15 is 0 Å². The normalized spacial score (nSPS) is 18.5. The quantitative estimate of drug-likeness (QED) is 0.895. The zero-order chi connectivity index (χ0) is 18.7. The Balaban J connectivity index is 1.74. The zero-order valence-corrected chi connectivity index (χ0v) is 15.9. The van der Waals surface area contributed by atoms with Gasteiger partial charge in [-0.15, -0.1) is 0 Å². The number of carbonyl (C=O) groups is 1. The molecule has 6 heteroatoms. The van der Waals surface area contributed by atoms with E-state index in [-0.39, 0.29) is 23.3 Å². The largest absolute Gasteiger partial charge is 0.326 e. The molecule has 2 aromatic carbocycles. The van der Waals surface area contributed by atoms with Gasteiger partial charge in [0.05, 0.1) is 10.8 Å². The van der Waals surface area contributed by atoms with Crippen molar-refractivity contribution in [2.45, 2.75) is 31.6 Å². The van der Waals surface area contributed by atoms with Crippen LogP contribution in [0.1, 0.15) is 24.0 Å². The first-order valence-corrected chi connectivity index (χ1v) is 10.3. The highest BCUT2D eigenvalue weighted by molar-refractivity contribution is 7.89. The first-order valence-electron chi connectivity index (χ1n) is 8.81. The highest BCUT2D eigenvalue weighted by Crippen LogP contribution is 2.25. The van der Waals surface area contributed by atoms with Crippen LogP contribution in [0.25, 0.3) is 0 Å². The third kappa shape index (κ3) is 3.97. The summed E-state index contributed by atoms with van der Waals surface area (Å²) in [6.07, 6.45) is 1.37. The second-order valence-corrected chi connectivity index (χ2v) is 8.76. The molecular weight excluding hydrogens is 348 g/mol. The molecule has 0 aliphatic carbocycles. The Labute approximate surface area is 155 Å². The summed E-state index contributed by atoms with van der Waals surface area (Å²) in [5.41, 5.74) is 2.86. The highest BCUT2D eigenvalue weighted by atomic mass is 32.2. The van der Waals surface area contributed by atoms with E-state index in [2.05, 4.69) is 5.32 Å². The van der Waals surface area contributed by atoms with Crippen LogP contribution >= 0.6 is 0 Å². The number of piperidine rings is 1. The molecule has 0 aromatic heterocycles. The van der Waals surface area contributed by atoms with Crippen molar-refractivity contribution < 1.29 is 13.2 Å². The average molecular weight is 372 g/mol. The maximum absolute atomic E-state index is 12.8.